The standard InChI is InChI=1S/C17H12Cl2N6O/c18-9-4-5-11(19)10(7-9)15-12(8-21-23-15)22-17(26)14-13-3-1-2-6-25(13)24-16(14)20/h1-8H,(H2,20,24)(H,21,23)(H,22,26). The van der Waals surface area contributed by atoms with E-state index in [9.17, 15) is 4.79 Å². The number of hydrogen-bond donors (Lipinski definition) is 3. The molecule has 9 heteroatoms. The van der Waals surface area contributed by atoms with Crippen LogP contribution in [0.3, 0.4) is 0 Å². The molecule has 0 spiro atoms. The van der Waals surface area contributed by atoms with E-state index in [-0.39, 0.29) is 11.4 Å². The van der Waals surface area contributed by atoms with Crippen molar-refractivity contribution in [3.05, 3.63) is 64.4 Å². The zero-order chi connectivity index (χ0) is 18.3. The molecule has 7 nitrogen and oxygen atoms in total. The summed E-state index contributed by atoms with van der Waals surface area (Å²) in [7, 11) is 0. The summed E-state index contributed by atoms with van der Waals surface area (Å²) >= 11 is 12.3. The maximum absolute atomic E-state index is 12.8. The number of nitrogens with one attached hydrogen (secondary N) is 2. The van der Waals surface area contributed by atoms with Crippen LogP contribution in [0.2, 0.25) is 10.0 Å². The van der Waals surface area contributed by atoms with Crippen LogP contribution in [0.1, 0.15) is 10.4 Å². The molecule has 1 aromatic carbocycles. The molecule has 26 heavy (non-hydrogen) atoms. The number of nitrogen functional groups attached to an aromatic ring is 1. The van der Waals surface area contributed by atoms with Gasteiger partial charge in [0.2, 0.25) is 0 Å². The van der Waals surface area contributed by atoms with Crippen molar-refractivity contribution in [3.8, 4) is 11.3 Å². The number of halogens is 2. The SMILES string of the molecule is Nc1nn2ccccc2c1C(=O)Nc1cn[nH]c1-c1cc(Cl)ccc1Cl. The van der Waals surface area contributed by atoms with Crippen molar-refractivity contribution in [1.29, 1.82) is 0 Å². The van der Waals surface area contributed by atoms with Crippen LogP contribution in [0.15, 0.2) is 48.8 Å². The minimum absolute atomic E-state index is 0.138. The molecule has 0 saturated carbocycles. The van der Waals surface area contributed by atoms with E-state index >= 15 is 0 Å². The number of benzene rings is 1. The van der Waals surface area contributed by atoms with Crippen LogP contribution in [-0.2, 0) is 0 Å². The summed E-state index contributed by atoms with van der Waals surface area (Å²) in [6.07, 6.45) is 3.21. The van der Waals surface area contributed by atoms with Gasteiger partial charge in [-0.15, -0.1) is 5.10 Å². The quantitative estimate of drug-likeness (QED) is 0.497. The first-order chi connectivity index (χ1) is 12.5. The summed E-state index contributed by atoms with van der Waals surface area (Å²) in [5.74, 6) is -0.260. The first-order valence-electron chi connectivity index (χ1n) is 7.57. The molecule has 3 aromatic heterocycles. The van der Waals surface area contributed by atoms with Crippen LogP contribution < -0.4 is 11.1 Å². The number of H-pyrrole nitrogens is 1. The number of aromatic amines is 1. The Balaban J connectivity index is 1.73. The van der Waals surface area contributed by atoms with E-state index in [4.69, 9.17) is 28.9 Å². The molecule has 0 bridgehead atoms. The van der Waals surface area contributed by atoms with E-state index in [0.717, 1.165) is 0 Å². The van der Waals surface area contributed by atoms with Crippen molar-refractivity contribution >= 4 is 46.1 Å². The normalized spacial score (nSPS) is 11.0. The van der Waals surface area contributed by atoms with Crippen molar-refractivity contribution < 1.29 is 4.79 Å². The highest BCUT2D eigenvalue weighted by Crippen LogP contribution is 2.34. The van der Waals surface area contributed by atoms with Gasteiger partial charge in [0, 0.05) is 16.8 Å². The Hall–Kier alpha value is -3.03. The maximum Gasteiger partial charge on any atom is 0.261 e. The van der Waals surface area contributed by atoms with Crippen molar-refractivity contribution in [2.24, 2.45) is 0 Å². The minimum Gasteiger partial charge on any atom is -0.382 e. The maximum atomic E-state index is 12.8. The van der Waals surface area contributed by atoms with E-state index in [1.165, 1.54) is 6.20 Å². The highest BCUT2D eigenvalue weighted by atomic mass is 35.5. The van der Waals surface area contributed by atoms with E-state index in [1.54, 1.807) is 41.0 Å². The molecule has 0 fully saturated rings. The summed E-state index contributed by atoms with van der Waals surface area (Å²) in [6.45, 7) is 0. The number of carbonyl (C=O) groups excluding carboxylic acids is 1. The first-order valence-corrected chi connectivity index (χ1v) is 8.33. The molecule has 4 rings (SSSR count). The van der Waals surface area contributed by atoms with Crippen LogP contribution in [0.4, 0.5) is 11.5 Å². The lowest BCUT2D eigenvalue weighted by atomic mass is 10.1. The molecule has 130 valence electrons. The zero-order valence-corrected chi connectivity index (χ0v) is 14.7. The highest BCUT2D eigenvalue weighted by molar-refractivity contribution is 6.35. The Kier molecular flexibility index (Phi) is 4.02. The summed E-state index contributed by atoms with van der Waals surface area (Å²) in [6, 6.07) is 10.4. The minimum atomic E-state index is -0.399. The number of carbonyl (C=O) groups is 1. The smallest absolute Gasteiger partial charge is 0.261 e. The number of nitrogens with zero attached hydrogens (tertiary/aromatic N) is 3. The topological polar surface area (TPSA) is 101 Å². The van der Waals surface area contributed by atoms with Crippen molar-refractivity contribution in [3.63, 3.8) is 0 Å². The Bertz CT molecular complexity index is 1130. The van der Waals surface area contributed by atoms with E-state index < -0.39 is 5.91 Å². The van der Waals surface area contributed by atoms with Gasteiger partial charge >= 0.3 is 0 Å². The van der Waals surface area contributed by atoms with Crippen LogP contribution in [0, 0.1) is 0 Å². The molecule has 3 heterocycles. The lowest BCUT2D eigenvalue weighted by Crippen LogP contribution is -2.13. The van der Waals surface area contributed by atoms with Gasteiger partial charge in [-0.05, 0) is 30.3 Å². The number of pyridine rings is 1. The molecule has 0 saturated heterocycles. The summed E-state index contributed by atoms with van der Waals surface area (Å²) in [5, 5.41) is 14.8. The van der Waals surface area contributed by atoms with Gasteiger partial charge in [-0.1, -0.05) is 29.3 Å². The van der Waals surface area contributed by atoms with Crippen LogP contribution in [-0.4, -0.2) is 25.7 Å². The molecule has 0 aliphatic carbocycles. The lowest BCUT2D eigenvalue weighted by Gasteiger charge is -2.08. The van der Waals surface area contributed by atoms with E-state index in [0.29, 0.717) is 32.5 Å². The third kappa shape index (κ3) is 2.77. The molecule has 0 aliphatic rings. The molecular formula is C17H12Cl2N6O. The molecule has 4 aromatic rings. The van der Waals surface area contributed by atoms with Crippen molar-refractivity contribution in [2.45, 2.75) is 0 Å². The van der Waals surface area contributed by atoms with Gasteiger partial charge in [-0.3, -0.25) is 9.89 Å². The average molecular weight is 387 g/mol. The number of aromatic nitrogens is 4. The fourth-order valence-electron chi connectivity index (χ4n) is 2.71. The predicted octanol–water partition coefficient (Wildman–Crippen LogP) is 3.87. The van der Waals surface area contributed by atoms with Crippen LogP contribution >= 0.6 is 23.2 Å². The van der Waals surface area contributed by atoms with Crippen LogP contribution in [0.25, 0.3) is 16.8 Å². The monoisotopic (exact) mass is 386 g/mol. The number of amides is 1. The molecule has 4 N–H and O–H groups in total. The Morgan fingerprint density at radius 3 is 2.92 bits per heavy atom. The Morgan fingerprint density at radius 1 is 1.23 bits per heavy atom. The van der Waals surface area contributed by atoms with Gasteiger partial charge in [0.05, 0.1) is 28.1 Å². The summed E-state index contributed by atoms with van der Waals surface area (Å²) in [4.78, 5) is 12.8. The fourth-order valence-corrected chi connectivity index (χ4v) is 3.09. The fraction of sp³-hybridized carbons (Fsp3) is 0. The second-order valence-corrected chi connectivity index (χ2v) is 6.37. The Labute approximate surface area is 157 Å². The number of anilines is 2. The second-order valence-electron chi connectivity index (χ2n) is 5.53. The van der Waals surface area contributed by atoms with Gasteiger partial charge in [-0.2, -0.15) is 5.10 Å². The number of fused-ring (bicyclic) bond motifs is 1. The third-order valence-corrected chi connectivity index (χ3v) is 4.44. The zero-order valence-electron chi connectivity index (χ0n) is 13.2. The Morgan fingerprint density at radius 2 is 2.08 bits per heavy atom. The number of hydrogen-bond acceptors (Lipinski definition) is 4. The summed E-state index contributed by atoms with van der Waals surface area (Å²) in [5.41, 5.74) is 8.43. The lowest BCUT2D eigenvalue weighted by molar-refractivity contribution is 0.102. The van der Waals surface area contributed by atoms with Crippen molar-refractivity contribution in [1.82, 2.24) is 19.8 Å². The van der Waals surface area contributed by atoms with Gasteiger partial charge in [0.25, 0.3) is 5.91 Å². The third-order valence-electron chi connectivity index (χ3n) is 3.88. The van der Waals surface area contributed by atoms with Crippen molar-refractivity contribution in [2.75, 3.05) is 11.1 Å². The molecule has 0 radical (unpaired) electrons. The highest BCUT2D eigenvalue weighted by Gasteiger charge is 2.20. The molecule has 0 aliphatic heterocycles. The first kappa shape index (κ1) is 16.4. The van der Waals surface area contributed by atoms with E-state index in [2.05, 4.69) is 20.6 Å². The predicted molar refractivity (Wildman–Crippen MR) is 102 cm³/mol. The van der Waals surface area contributed by atoms with E-state index in [1.807, 2.05) is 6.07 Å². The average Bonchev–Trinajstić information content (AvgIpc) is 3.20. The number of nitrogens with two attached hydrogens (primary N) is 1. The second kappa shape index (κ2) is 6.36. The largest absolute Gasteiger partial charge is 0.382 e. The van der Waals surface area contributed by atoms with Crippen LogP contribution in [0.5, 0.6) is 0 Å². The molecular weight excluding hydrogens is 375 g/mol. The van der Waals surface area contributed by atoms with Gasteiger partial charge in [0.15, 0.2) is 5.82 Å². The molecule has 1 amide bonds. The van der Waals surface area contributed by atoms with Gasteiger partial charge in [-0.25, -0.2) is 4.52 Å². The summed E-state index contributed by atoms with van der Waals surface area (Å²) < 4.78 is 1.55. The molecule has 0 atom stereocenters. The van der Waals surface area contributed by atoms with Gasteiger partial charge in [0.1, 0.15) is 5.56 Å². The molecule has 0 unspecified atom stereocenters. The number of rotatable bonds is 3. The van der Waals surface area contributed by atoms with Gasteiger partial charge < -0.3 is 11.1 Å².